The van der Waals surface area contributed by atoms with Crippen LogP contribution in [0.15, 0.2) is 54.7 Å². The van der Waals surface area contributed by atoms with E-state index in [1.807, 2.05) is 48.5 Å². The molecule has 1 aromatic heterocycles. The Hall–Kier alpha value is -2.83. The Morgan fingerprint density at radius 3 is 2.84 bits per heavy atom. The molecule has 0 spiro atoms. The summed E-state index contributed by atoms with van der Waals surface area (Å²) in [6, 6.07) is 15.0. The molecule has 0 radical (unpaired) electrons. The molecule has 0 unspecified atom stereocenters. The number of carbonyl (C=O) groups is 1. The van der Waals surface area contributed by atoms with Gasteiger partial charge in [-0.25, -0.2) is 0 Å². The smallest absolute Gasteiger partial charge is 0.253 e. The Bertz CT molecular complexity index is 1110. The van der Waals surface area contributed by atoms with Crippen molar-refractivity contribution in [1.82, 2.24) is 15.2 Å². The van der Waals surface area contributed by atoms with E-state index in [1.165, 1.54) is 0 Å². The van der Waals surface area contributed by atoms with E-state index in [2.05, 4.69) is 15.2 Å². The lowest BCUT2D eigenvalue weighted by molar-refractivity contribution is 0.0476. The van der Waals surface area contributed by atoms with Crippen LogP contribution in [0.1, 0.15) is 23.2 Å². The largest absolute Gasteiger partial charge is 0.486 e. The van der Waals surface area contributed by atoms with E-state index in [9.17, 15) is 4.79 Å². The standard InChI is InChI=1S/C25H26ClN3O3/c26-19-6-7-22-23(13-19)32-20(16-31-22)15-29-11-8-17(9-12-29)14-28-25(30)21-5-1-3-18-4-2-10-27-24(18)21/h1-7,10,13,17,20H,8-9,11-12,14-16H2,(H,28,30)/t20-/m0/s1. The molecule has 0 aliphatic carbocycles. The van der Waals surface area contributed by atoms with Crippen molar-refractivity contribution >= 4 is 28.4 Å². The predicted molar refractivity (Wildman–Crippen MR) is 125 cm³/mol. The van der Waals surface area contributed by atoms with Crippen LogP contribution in [0.3, 0.4) is 0 Å². The number of benzene rings is 2. The molecule has 1 fully saturated rings. The molecule has 2 aliphatic heterocycles. The molecule has 3 heterocycles. The van der Waals surface area contributed by atoms with E-state index in [1.54, 1.807) is 6.20 Å². The van der Waals surface area contributed by atoms with Crippen molar-refractivity contribution in [2.75, 3.05) is 32.8 Å². The Morgan fingerprint density at radius 1 is 1.12 bits per heavy atom. The lowest BCUT2D eigenvalue weighted by Crippen LogP contribution is -2.45. The van der Waals surface area contributed by atoms with Gasteiger partial charge >= 0.3 is 0 Å². The molecule has 7 heteroatoms. The van der Waals surface area contributed by atoms with Crippen LogP contribution >= 0.6 is 11.6 Å². The number of likely N-dealkylation sites (tertiary alicyclic amines) is 1. The van der Waals surface area contributed by atoms with E-state index in [0.717, 1.165) is 49.1 Å². The van der Waals surface area contributed by atoms with Crippen molar-refractivity contribution in [2.24, 2.45) is 5.92 Å². The average Bonchev–Trinajstić information content (AvgIpc) is 2.83. The van der Waals surface area contributed by atoms with Gasteiger partial charge in [0.15, 0.2) is 11.5 Å². The maximum Gasteiger partial charge on any atom is 0.253 e. The predicted octanol–water partition coefficient (Wildman–Crippen LogP) is 4.17. The topological polar surface area (TPSA) is 63.7 Å². The van der Waals surface area contributed by atoms with Crippen molar-refractivity contribution in [3.8, 4) is 11.5 Å². The zero-order chi connectivity index (χ0) is 21.9. The molecule has 1 N–H and O–H groups in total. The molecule has 1 saturated heterocycles. The molecule has 32 heavy (non-hydrogen) atoms. The molecule has 166 valence electrons. The van der Waals surface area contributed by atoms with Gasteiger partial charge in [-0.2, -0.15) is 0 Å². The number of para-hydroxylation sites is 1. The molecule has 1 atom stereocenters. The number of ether oxygens (including phenoxy) is 2. The Labute approximate surface area is 192 Å². The van der Waals surface area contributed by atoms with Gasteiger partial charge in [0, 0.05) is 35.8 Å². The third-order valence-electron chi connectivity index (χ3n) is 6.22. The minimum Gasteiger partial charge on any atom is -0.486 e. The minimum atomic E-state index is -0.0539. The minimum absolute atomic E-state index is 0.00363. The SMILES string of the molecule is O=C(NCC1CCN(C[C@H]2COc3ccc(Cl)cc3O2)CC1)c1cccc2cccnc12. The number of hydrogen-bond acceptors (Lipinski definition) is 5. The summed E-state index contributed by atoms with van der Waals surface area (Å²) in [5, 5.41) is 4.75. The summed E-state index contributed by atoms with van der Waals surface area (Å²) in [4.78, 5) is 19.5. The van der Waals surface area contributed by atoms with Crippen LogP contribution in [0.5, 0.6) is 11.5 Å². The fourth-order valence-corrected chi connectivity index (χ4v) is 4.62. The van der Waals surface area contributed by atoms with Gasteiger partial charge in [0.25, 0.3) is 5.91 Å². The second-order valence-corrected chi connectivity index (χ2v) is 8.91. The number of carbonyl (C=O) groups excluding carboxylic acids is 1. The first-order valence-electron chi connectivity index (χ1n) is 11.1. The number of halogens is 1. The maximum absolute atomic E-state index is 12.8. The number of piperidine rings is 1. The summed E-state index contributed by atoms with van der Waals surface area (Å²) < 4.78 is 11.9. The van der Waals surface area contributed by atoms with Crippen molar-refractivity contribution in [2.45, 2.75) is 18.9 Å². The number of nitrogens with zero attached hydrogens (tertiary/aromatic N) is 2. The first-order valence-corrected chi connectivity index (χ1v) is 11.5. The summed E-state index contributed by atoms with van der Waals surface area (Å²) in [5.41, 5.74) is 1.38. The van der Waals surface area contributed by atoms with Crippen LogP contribution in [0, 0.1) is 5.92 Å². The summed E-state index contributed by atoms with van der Waals surface area (Å²) >= 11 is 6.07. The lowest BCUT2D eigenvalue weighted by Gasteiger charge is -2.35. The van der Waals surface area contributed by atoms with Gasteiger partial charge in [-0.1, -0.05) is 29.8 Å². The van der Waals surface area contributed by atoms with Gasteiger partial charge in [-0.15, -0.1) is 0 Å². The first-order chi connectivity index (χ1) is 15.7. The van der Waals surface area contributed by atoms with Gasteiger partial charge in [0.2, 0.25) is 0 Å². The van der Waals surface area contributed by atoms with Gasteiger partial charge in [-0.05, 0) is 56.1 Å². The molecule has 5 rings (SSSR count). The third-order valence-corrected chi connectivity index (χ3v) is 6.46. The first kappa shape index (κ1) is 21.0. The number of aromatic nitrogens is 1. The number of rotatable bonds is 5. The zero-order valence-corrected chi connectivity index (χ0v) is 18.6. The van der Waals surface area contributed by atoms with E-state index in [4.69, 9.17) is 21.1 Å². The highest BCUT2D eigenvalue weighted by atomic mass is 35.5. The van der Waals surface area contributed by atoms with Crippen LogP contribution < -0.4 is 14.8 Å². The van der Waals surface area contributed by atoms with Crippen LogP contribution in [0.25, 0.3) is 10.9 Å². The number of amides is 1. The van der Waals surface area contributed by atoms with Crippen molar-refractivity contribution < 1.29 is 14.3 Å². The van der Waals surface area contributed by atoms with Gasteiger partial charge in [0.05, 0.1) is 11.1 Å². The second kappa shape index (κ2) is 9.35. The normalized spacial score (nSPS) is 19.1. The number of hydrogen-bond donors (Lipinski definition) is 1. The molecule has 3 aromatic rings. The van der Waals surface area contributed by atoms with Crippen molar-refractivity contribution in [3.05, 3.63) is 65.3 Å². The highest BCUT2D eigenvalue weighted by molar-refractivity contribution is 6.30. The highest BCUT2D eigenvalue weighted by Gasteiger charge is 2.26. The van der Waals surface area contributed by atoms with Crippen LogP contribution in [0.4, 0.5) is 0 Å². The van der Waals surface area contributed by atoms with Crippen LogP contribution in [-0.4, -0.2) is 54.7 Å². The second-order valence-electron chi connectivity index (χ2n) is 8.48. The van der Waals surface area contributed by atoms with Crippen LogP contribution in [0.2, 0.25) is 5.02 Å². The molecule has 0 bridgehead atoms. The Kier molecular flexibility index (Phi) is 6.14. The maximum atomic E-state index is 12.8. The third kappa shape index (κ3) is 4.66. The van der Waals surface area contributed by atoms with Gasteiger partial charge < -0.3 is 14.8 Å². The molecular formula is C25H26ClN3O3. The molecular weight excluding hydrogens is 426 g/mol. The molecule has 0 saturated carbocycles. The quantitative estimate of drug-likeness (QED) is 0.630. The van der Waals surface area contributed by atoms with Crippen LogP contribution in [-0.2, 0) is 0 Å². The van der Waals surface area contributed by atoms with E-state index >= 15 is 0 Å². The Balaban J connectivity index is 1.10. The van der Waals surface area contributed by atoms with Gasteiger partial charge in [0.1, 0.15) is 12.7 Å². The monoisotopic (exact) mass is 451 g/mol. The fraction of sp³-hybridized carbons (Fsp3) is 0.360. The summed E-state index contributed by atoms with van der Waals surface area (Å²) in [6.45, 7) is 4.03. The van der Waals surface area contributed by atoms with Gasteiger partial charge in [-0.3, -0.25) is 14.7 Å². The summed E-state index contributed by atoms with van der Waals surface area (Å²) in [5.74, 6) is 1.89. The highest BCUT2D eigenvalue weighted by Crippen LogP contribution is 2.34. The van der Waals surface area contributed by atoms with E-state index in [0.29, 0.717) is 35.4 Å². The molecule has 2 aromatic carbocycles. The van der Waals surface area contributed by atoms with E-state index < -0.39 is 0 Å². The fourth-order valence-electron chi connectivity index (χ4n) is 4.46. The number of nitrogens with one attached hydrogen (secondary N) is 1. The molecule has 1 amide bonds. The average molecular weight is 452 g/mol. The van der Waals surface area contributed by atoms with Crippen molar-refractivity contribution in [1.29, 1.82) is 0 Å². The summed E-state index contributed by atoms with van der Waals surface area (Å²) in [7, 11) is 0. The molecule has 6 nitrogen and oxygen atoms in total. The number of pyridine rings is 1. The lowest BCUT2D eigenvalue weighted by atomic mass is 9.96. The Morgan fingerprint density at radius 2 is 1.97 bits per heavy atom. The number of fused-ring (bicyclic) bond motifs is 2. The van der Waals surface area contributed by atoms with Crippen molar-refractivity contribution in [3.63, 3.8) is 0 Å². The van der Waals surface area contributed by atoms with E-state index in [-0.39, 0.29) is 12.0 Å². The summed E-state index contributed by atoms with van der Waals surface area (Å²) in [6.07, 6.45) is 3.81. The zero-order valence-electron chi connectivity index (χ0n) is 17.8. The molecule has 2 aliphatic rings.